The van der Waals surface area contributed by atoms with Crippen molar-refractivity contribution in [3.8, 4) is 0 Å². The van der Waals surface area contributed by atoms with Crippen LogP contribution >= 0.6 is 0 Å². The number of aliphatic hydroxyl groups is 12. The van der Waals surface area contributed by atoms with Crippen molar-refractivity contribution in [2.24, 2.45) is 56.7 Å². The Labute approximate surface area is 401 Å². The normalized spacial score (nSPS) is 55.1. The van der Waals surface area contributed by atoms with Crippen molar-refractivity contribution in [3.05, 3.63) is 0 Å². The topological polar surface area (TPSA) is 353 Å². The van der Waals surface area contributed by atoms with E-state index < -0.39 is 169 Å². The zero-order valence-corrected chi connectivity index (χ0v) is 40.4. The number of carboxylic acid groups (broad SMARTS) is 1. The van der Waals surface area contributed by atoms with Crippen LogP contribution in [0.3, 0.4) is 0 Å². The van der Waals surface area contributed by atoms with Crippen molar-refractivity contribution < 1.29 is 104 Å². The predicted octanol–water partition coefficient (Wildman–Crippen LogP) is -1.74. The van der Waals surface area contributed by atoms with Crippen LogP contribution < -0.4 is 0 Å². The van der Waals surface area contributed by atoms with Crippen LogP contribution in [0.15, 0.2) is 0 Å². The van der Waals surface area contributed by atoms with Crippen molar-refractivity contribution in [1.82, 2.24) is 0 Å². The van der Waals surface area contributed by atoms with E-state index in [1.807, 2.05) is 0 Å². The van der Waals surface area contributed by atoms with Crippen LogP contribution in [-0.4, -0.2) is 202 Å². The van der Waals surface area contributed by atoms with Gasteiger partial charge < -0.3 is 94.8 Å². The fraction of sp³-hybridized carbons (Fsp3) is 0.958. The van der Waals surface area contributed by atoms with Crippen LogP contribution in [0.4, 0.5) is 0 Å². The molecular formula is C48H78O21. The zero-order chi connectivity index (χ0) is 50.7. The van der Waals surface area contributed by atoms with Gasteiger partial charge in [0.25, 0.3) is 0 Å². The van der Waals surface area contributed by atoms with Crippen LogP contribution in [0.1, 0.15) is 106 Å². The third-order valence-corrected chi connectivity index (χ3v) is 20.3. The first kappa shape index (κ1) is 53.5. The lowest BCUT2D eigenvalue weighted by atomic mass is 9.32. The molecule has 0 amide bonds. The maximum Gasteiger partial charge on any atom is 0.314 e. The number of carboxylic acids is 1. The fourth-order valence-corrected chi connectivity index (χ4v) is 15.9. The highest BCUT2D eigenvalue weighted by molar-refractivity contribution is 5.78. The van der Waals surface area contributed by atoms with Gasteiger partial charge in [-0.15, -0.1) is 0 Å². The zero-order valence-electron chi connectivity index (χ0n) is 40.4. The summed E-state index contributed by atoms with van der Waals surface area (Å²) in [6.45, 7) is 9.35. The van der Waals surface area contributed by atoms with Crippen LogP contribution in [0.25, 0.3) is 0 Å². The molecule has 5 saturated carbocycles. The minimum Gasteiger partial charge on any atom is -0.481 e. The molecule has 0 spiro atoms. The van der Waals surface area contributed by atoms with Gasteiger partial charge >= 0.3 is 11.9 Å². The van der Waals surface area contributed by atoms with E-state index in [2.05, 4.69) is 20.8 Å². The number of rotatable bonds is 11. The number of hydrogen-bond acceptors (Lipinski definition) is 20. The summed E-state index contributed by atoms with van der Waals surface area (Å²) >= 11 is 0. The number of esters is 1. The largest absolute Gasteiger partial charge is 0.481 e. The number of carbonyl (C=O) groups excluding carboxylic acids is 1. The maximum atomic E-state index is 15.0. The molecule has 0 unspecified atom stereocenters. The first-order chi connectivity index (χ1) is 32.2. The van der Waals surface area contributed by atoms with E-state index in [-0.39, 0.29) is 29.6 Å². The van der Waals surface area contributed by atoms with E-state index in [9.17, 15) is 71.2 Å². The second-order valence-electron chi connectivity index (χ2n) is 23.4. The van der Waals surface area contributed by atoms with Crippen LogP contribution in [0.5, 0.6) is 0 Å². The van der Waals surface area contributed by atoms with Crippen molar-refractivity contribution in [2.45, 2.75) is 210 Å². The Hall–Kier alpha value is -1.74. The van der Waals surface area contributed by atoms with Crippen molar-refractivity contribution in [2.75, 3.05) is 19.8 Å². The highest BCUT2D eigenvalue weighted by Gasteiger charge is 2.74. The number of ether oxygens (including phenoxy) is 6. The van der Waals surface area contributed by atoms with Crippen LogP contribution in [-0.2, 0) is 38.0 Å². The standard InChI is InChI=1S/C48H78O21/c1-20-29(52)31(54)34(57)39(65-20)68-37-23(17-49)66-38(36(59)33(37)56)64-18-24-30(53)32(55)35(58)40(67-24)69-42(62)48-14-9-22(46(5,63)19-50)28(48)21-7-8-25-43(2)12-11-27(51)47(6,41(60)61)26(43)10-13-45(25,4)44(21,3)15-16-48/h20-40,49-59,63H,7-19H2,1-6H3,(H,60,61)/t20-,21+,22+,23-,24-,25+,26+,27+,28-,29-,30-,31+,32+,33-,34+,35-,36-,37-,38-,39+,40+,43+,44+,45+,46+,47-,48-/m0/s1. The lowest BCUT2D eigenvalue weighted by Gasteiger charge is -2.72. The molecule has 396 valence electrons. The molecule has 13 N–H and O–H groups in total. The van der Waals surface area contributed by atoms with E-state index in [1.165, 1.54) is 6.92 Å². The summed E-state index contributed by atoms with van der Waals surface area (Å²) in [6.07, 6.45) is -20.7. The molecule has 3 heterocycles. The predicted molar refractivity (Wildman–Crippen MR) is 234 cm³/mol. The molecule has 21 nitrogen and oxygen atoms in total. The van der Waals surface area contributed by atoms with Gasteiger partial charge in [-0.2, -0.15) is 0 Å². The minimum atomic E-state index is -1.94. The minimum absolute atomic E-state index is 0.0966. The third kappa shape index (κ3) is 8.15. The monoisotopic (exact) mass is 991 g/mol. The Bertz CT molecular complexity index is 1870. The van der Waals surface area contributed by atoms with E-state index in [0.29, 0.717) is 51.4 Å². The maximum absolute atomic E-state index is 15.0. The molecule has 3 aliphatic heterocycles. The van der Waals surface area contributed by atoms with Gasteiger partial charge in [-0.25, -0.2) is 0 Å². The smallest absolute Gasteiger partial charge is 0.314 e. The van der Waals surface area contributed by atoms with Crippen LogP contribution in [0, 0.1) is 56.7 Å². The molecule has 8 rings (SSSR count). The summed E-state index contributed by atoms with van der Waals surface area (Å²) in [5.74, 6) is -3.12. The van der Waals surface area contributed by atoms with Gasteiger partial charge in [0.05, 0.1) is 48.5 Å². The average molecular weight is 991 g/mol. The first-order valence-corrected chi connectivity index (χ1v) is 24.9. The van der Waals surface area contributed by atoms with Crippen molar-refractivity contribution in [1.29, 1.82) is 0 Å². The summed E-state index contributed by atoms with van der Waals surface area (Å²) in [6, 6.07) is 0. The number of aliphatic hydroxyl groups excluding tert-OH is 11. The molecule has 0 radical (unpaired) electrons. The fourth-order valence-electron chi connectivity index (χ4n) is 15.9. The highest BCUT2D eigenvalue weighted by atomic mass is 16.8. The van der Waals surface area contributed by atoms with Crippen molar-refractivity contribution in [3.63, 3.8) is 0 Å². The molecular weight excluding hydrogens is 913 g/mol. The van der Waals surface area contributed by atoms with E-state index in [0.717, 1.165) is 6.42 Å². The second-order valence-corrected chi connectivity index (χ2v) is 23.4. The van der Waals surface area contributed by atoms with E-state index in [4.69, 9.17) is 28.4 Å². The van der Waals surface area contributed by atoms with Gasteiger partial charge in [0.15, 0.2) is 12.6 Å². The Morgan fingerprint density at radius 3 is 1.94 bits per heavy atom. The number of aliphatic carboxylic acids is 1. The molecule has 0 aromatic rings. The van der Waals surface area contributed by atoms with Gasteiger partial charge in [-0.1, -0.05) is 20.8 Å². The summed E-state index contributed by atoms with van der Waals surface area (Å²) in [7, 11) is 0. The highest BCUT2D eigenvalue weighted by Crippen LogP contribution is 2.78. The molecule has 69 heavy (non-hydrogen) atoms. The lowest BCUT2D eigenvalue weighted by Crippen LogP contribution is -2.68. The summed E-state index contributed by atoms with van der Waals surface area (Å²) in [5, 5.41) is 141. The lowest BCUT2D eigenvalue weighted by molar-refractivity contribution is -0.361. The van der Waals surface area contributed by atoms with Gasteiger partial charge in [0.1, 0.15) is 67.1 Å². The van der Waals surface area contributed by atoms with E-state index >= 15 is 4.79 Å². The molecule has 21 heteroatoms. The Kier molecular flexibility index (Phi) is 14.7. The summed E-state index contributed by atoms with van der Waals surface area (Å²) < 4.78 is 34.5. The van der Waals surface area contributed by atoms with Gasteiger partial charge in [0, 0.05) is 0 Å². The molecule has 0 aromatic heterocycles. The van der Waals surface area contributed by atoms with Crippen LogP contribution in [0.2, 0.25) is 0 Å². The molecule has 3 saturated heterocycles. The van der Waals surface area contributed by atoms with Crippen molar-refractivity contribution >= 4 is 11.9 Å². The average Bonchev–Trinajstić information content (AvgIpc) is 3.72. The Morgan fingerprint density at radius 1 is 0.652 bits per heavy atom. The number of carbonyl (C=O) groups is 2. The van der Waals surface area contributed by atoms with Gasteiger partial charge in [-0.3, -0.25) is 9.59 Å². The summed E-state index contributed by atoms with van der Waals surface area (Å²) in [4.78, 5) is 27.9. The molecule has 8 aliphatic rings. The molecule has 0 aromatic carbocycles. The quantitative estimate of drug-likeness (QED) is 0.102. The number of fused-ring (bicyclic) bond motifs is 7. The van der Waals surface area contributed by atoms with E-state index in [1.54, 1.807) is 13.8 Å². The Morgan fingerprint density at radius 2 is 1.29 bits per heavy atom. The molecule has 0 bridgehead atoms. The number of hydrogen-bond donors (Lipinski definition) is 13. The first-order valence-electron chi connectivity index (χ1n) is 24.9. The third-order valence-electron chi connectivity index (χ3n) is 20.3. The molecule has 8 fully saturated rings. The van der Waals surface area contributed by atoms with Gasteiger partial charge in [-0.05, 0) is 131 Å². The summed E-state index contributed by atoms with van der Waals surface area (Å²) in [5.41, 5.74) is -5.26. The second kappa shape index (κ2) is 18.9. The van der Waals surface area contributed by atoms with Gasteiger partial charge in [0.2, 0.25) is 6.29 Å². The molecule has 5 aliphatic carbocycles. The SMILES string of the molecule is C[C@@H]1O[C@H](O[C@@H]2[C@@H](O)[C@H](O)[C@@H](OC[C@@H]3O[C@H](OC(=O)[C@]45CC[C@@H]([C@](C)(O)CO)[C@@H]4[C@H]4CC[C@@H]6[C@@]7(C)CC[C@@H](O)[C@@](C)(C(=O)O)[C@@H]7CC[C@@]6(C)[C@]4(C)CC5)[C@@H](O)[C@H](O)[C@H]3O)O[C@H]2CO)[C@H](O)[C@H](O)[C@H]1O. The Balaban J connectivity index is 0.990. The molecule has 27 atom stereocenters.